The van der Waals surface area contributed by atoms with Gasteiger partial charge in [0.2, 0.25) is 0 Å². The van der Waals surface area contributed by atoms with Gasteiger partial charge in [0.25, 0.3) is 0 Å². The first-order valence-corrected chi connectivity index (χ1v) is 7.69. The lowest BCUT2D eigenvalue weighted by Gasteiger charge is -2.14. The van der Waals surface area contributed by atoms with Crippen LogP contribution in [0.4, 0.5) is 13.2 Å². The van der Waals surface area contributed by atoms with Gasteiger partial charge in [0, 0.05) is 16.7 Å². The quantitative estimate of drug-likeness (QED) is 0.512. The lowest BCUT2D eigenvalue weighted by molar-refractivity contribution is -0.137. The molecule has 0 N–H and O–H groups in total. The number of hydrogen-bond acceptors (Lipinski definition) is 1. The van der Waals surface area contributed by atoms with Gasteiger partial charge < -0.3 is 4.74 Å². The number of alkyl halides is 3. The van der Waals surface area contributed by atoms with E-state index in [2.05, 4.69) is 17.9 Å². The van der Waals surface area contributed by atoms with Crippen molar-refractivity contribution in [3.05, 3.63) is 88.7 Å². The van der Waals surface area contributed by atoms with Crippen LogP contribution in [0, 0.1) is 11.8 Å². The summed E-state index contributed by atoms with van der Waals surface area (Å²) in [6, 6.07) is 10.8. The average molecular weight is 340 g/mol. The SMILES string of the molecule is COC=C1C=CCc2ccc(C#Cc3ccc(C(F)(F)F)cc3)cc21. The molecule has 0 unspecified atom stereocenters. The largest absolute Gasteiger partial charge is 0.504 e. The molecular formula is C21H15F3O. The fraction of sp³-hybridized carbons (Fsp3) is 0.143. The molecule has 0 aliphatic heterocycles. The fourth-order valence-corrected chi connectivity index (χ4v) is 2.62. The monoisotopic (exact) mass is 340 g/mol. The van der Waals surface area contributed by atoms with E-state index in [0.717, 1.165) is 35.3 Å². The zero-order valence-electron chi connectivity index (χ0n) is 13.5. The Bertz CT molecular complexity index is 891. The Hall–Kier alpha value is -2.93. The van der Waals surface area contributed by atoms with Gasteiger partial charge >= 0.3 is 6.18 Å². The minimum Gasteiger partial charge on any atom is -0.504 e. The topological polar surface area (TPSA) is 9.23 Å². The second-order valence-corrected chi connectivity index (χ2v) is 5.61. The smallest absolute Gasteiger partial charge is 0.416 e. The average Bonchev–Trinajstić information content (AvgIpc) is 2.60. The van der Waals surface area contributed by atoms with Gasteiger partial charge in [-0.25, -0.2) is 0 Å². The molecule has 126 valence electrons. The second-order valence-electron chi connectivity index (χ2n) is 5.61. The highest BCUT2D eigenvalue weighted by Crippen LogP contribution is 2.29. The molecule has 0 bridgehead atoms. The minimum absolute atomic E-state index is 0.540. The molecule has 1 nitrogen and oxygen atoms in total. The van der Waals surface area contributed by atoms with E-state index in [4.69, 9.17) is 4.74 Å². The zero-order chi connectivity index (χ0) is 17.9. The lowest BCUT2D eigenvalue weighted by atomic mass is 9.91. The van der Waals surface area contributed by atoms with Crippen LogP contribution < -0.4 is 0 Å². The van der Waals surface area contributed by atoms with Crippen molar-refractivity contribution in [2.24, 2.45) is 0 Å². The molecule has 1 aliphatic carbocycles. The van der Waals surface area contributed by atoms with Crippen LogP contribution in [-0.2, 0) is 17.3 Å². The number of ether oxygens (including phenoxy) is 1. The van der Waals surface area contributed by atoms with Crippen LogP contribution in [0.25, 0.3) is 5.57 Å². The Morgan fingerprint density at radius 1 is 1.00 bits per heavy atom. The van der Waals surface area contributed by atoms with Crippen molar-refractivity contribution in [3.63, 3.8) is 0 Å². The molecule has 3 rings (SSSR count). The standard InChI is InChI=1S/C21H15F3O/c1-25-14-18-4-2-3-17-10-7-16(13-20(17)18)6-5-15-8-11-19(12-9-15)21(22,23)24/h2,4,7-14H,3H2,1H3. The molecule has 4 heteroatoms. The molecular weight excluding hydrogens is 325 g/mol. The highest BCUT2D eigenvalue weighted by Gasteiger charge is 2.29. The minimum atomic E-state index is -4.33. The summed E-state index contributed by atoms with van der Waals surface area (Å²) in [5.74, 6) is 5.92. The van der Waals surface area contributed by atoms with Gasteiger partial charge in [0.15, 0.2) is 0 Å². The third-order valence-corrected chi connectivity index (χ3v) is 3.86. The molecule has 0 aromatic heterocycles. The van der Waals surface area contributed by atoms with Crippen molar-refractivity contribution in [1.82, 2.24) is 0 Å². The fourth-order valence-electron chi connectivity index (χ4n) is 2.62. The Balaban J connectivity index is 1.87. The first kappa shape index (κ1) is 16.9. The van der Waals surface area contributed by atoms with Crippen LogP contribution in [0.2, 0.25) is 0 Å². The number of allylic oxidation sites excluding steroid dienone is 3. The predicted molar refractivity (Wildman–Crippen MR) is 91.7 cm³/mol. The van der Waals surface area contributed by atoms with Crippen molar-refractivity contribution in [1.29, 1.82) is 0 Å². The molecule has 0 saturated heterocycles. The molecule has 2 aromatic carbocycles. The van der Waals surface area contributed by atoms with Crippen LogP contribution >= 0.6 is 0 Å². The highest BCUT2D eigenvalue weighted by molar-refractivity contribution is 5.78. The van der Waals surface area contributed by atoms with Crippen LogP contribution in [0.15, 0.2) is 60.9 Å². The number of halogens is 3. The summed E-state index contributed by atoms with van der Waals surface area (Å²) in [6.45, 7) is 0. The van der Waals surface area contributed by atoms with E-state index in [9.17, 15) is 13.2 Å². The van der Waals surface area contributed by atoms with Gasteiger partial charge in [0.1, 0.15) is 0 Å². The number of hydrogen-bond donors (Lipinski definition) is 0. The van der Waals surface area contributed by atoms with Crippen LogP contribution in [0.1, 0.15) is 27.8 Å². The number of rotatable bonds is 1. The maximum Gasteiger partial charge on any atom is 0.416 e. The number of benzene rings is 2. The van der Waals surface area contributed by atoms with Crippen molar-refractivity contribution < 1.29 is 17.9 Å². The molecule has 0 amide bonds. The second kappa shape index (κ2) is 6.90. The Morgan fingerprint density at radius 3 is 2.36 bits per heavy atom. The van der Waals surface area contributed by atoms with E-state index in [1.165, 1.54) is 17.7 Å². The molecule has 0 saturated carbocycles. The molecule has 0 spiro atoms. The predicted octanol–water partition coefficient (Wildman–Crippen LogP) is 5.20. The number of fused-ring (bicyclic) bond motifs is 1. The third kappa shape index (κ3) is 3.95. The Labute approximate surface area is 144 Å². The highest BCUT2D eigenvalue weighted by atomic mass is 19.4. The zero-order valence-corrected chi connectivity index (χ0v) is 13.5. The molecule has 0 radical (unpaired) electrons. The third-order valence-electron chi connectivity index (χ3n) is 3.86. The maximum atomic E-state index is 12.6. The van der Waals surface area contributed by atoms with Crippen molar-refractivity contribution in [2.75, 3.05) is 7.11 Å². The maximum absolute atomic E-state index is 12.6. The number of methoxy groups -OCH3 is 1. The van der Waals surface area contributed by atoms with Gasteiger partial charge in [-0.15, -0.1) is 0 Å². The lowest BCUT2D eigenvalue weighted by Crippen LogP contribution is -2.04. The summed E-state index contributed by atoms with van der Waals surface area (Å²) in [5, 5.41) is 0. The van der Waals surface area contributed by atoms with E-state index >= 15 is 0 Å². The molecule has 2 aromatic rings. The summed E-state index contributed by atoms with van der Waals surface area (Å²) in [7, 11) is 1.60. The van der Waals surface area contributed by atoms with Crippen molar-refractivity contribution in [3.8, 4) is 11.8 Å². The van der Waals surface area contributed by atoms with Crippen LogP contribution in [0.3, 0.4) is 0 Å². The van der Waals surface area contributed by atoms with Gasteiger partial charge in [-0.2, -0.15) is 13.2 Å². The van der Waals surface area contributed by atoms with E-state index in [0.29, 0.717) is 5.56 Å². The normalized spacial score (nSPS) is 14.6. The van der Waals surface area contributed by atoms with Gasteiger partial charge in [0.05, 0.1) is 18.9 Å². The first-order chi connectivity index (χ1) is 12.0. The van der Waals surface area contributed by atoms with Crippen molar-refractivity contribution >= 4 is 5.57 Å². The molecule has 0 heterocycles. The van der Waals surface area contributed by atoms with Crippen LogP contribution in [0.5, 0.6) is 0 Å². The van der Waals surface area contributed by atoms with Gasteiger partial charge in [-0.3, -0.25) is 0 Å². The van der Waals surface area contributed by atoms with E-state index in [1.807, 2.05) is 24.3 Å². The van der Waals surface area contributed by atoms with Crippen LogP contribution in [-0.4, -0.2) is 7.11 Å². The summed E-state index contributed by atoms with van der Waals surface area (Å²) in [6.07, 6.45) is 2.27. The van der Waals surface area contributed by atoms with Gasteiger partial charge in [-0.1, -0.05) is 30.1 Å². The summed E-state index contributed by atoms with van der Waals surface area (Å²) in [4.78, 5) is 0. The first-order valence-electron chi connectivity index (χ1n) is 7.69. The molecule has 25 heavy (non-hydrogen) atoms. The Kier molecular flexibility index (Phi) is 4.67. The molecule has 0 atom stereocenters. The van der Waals surface area contributed by atoms with Gasteiger partial charge in [-0.05, 0) is 53.9 Å². The van der Waals surface area contributed by atoms with E-state index in [1.54, 1.807) is 13.4 Å². The van der Waals surface area contributed by atoms with Crippen molar-refractivity contribution in [2.45, 2.75) is 12.6 Å². The summed E-state index contributed by atoms with van der Waals surface area (Å²) < 4.78 is 42.8. The molecule has 0 fully saturated rings. The van der Waals surface area contributed by atoms with E-state index < -0.39 is 11.7 Å². The summed E-state index contributed by atoms with van der Waals surface area (Å²) in [5.41, 5.74) is 3.89. The Morgan fingerprint density at radius 2 is 1.68 bits per heavy atom. The van der Waals surface area contributed by atoms with E-state index in [-0.39, 0.29) is 0 Å². The molecule has 1 aliphatic rings. The summed E-state index contributed by atoms with van der Waals surface area (Å²) >= 11 is 0.